The standard InChI is InChI=1S/C21H29N5/c22-18-12-17(13-18)21-24-23-20(26(21)19-6-7-19)14-25-10-8-16(9-11-25)15-4-2-1-3-5-15/h1-5,16-19H,6-14,22H2. The van der Waals surface area contributed by atoms with Crippen LogP contribution in [0.5, 0.6) is 0 Å². The molecule has 2 aromatic rings. The van der Waals surface area contributed by atoms with Crippen molar-refractivity contribution in [3.63, 3.8) is 0 Å². The summed E-state index contributed by atoms with van der Waals surface area (Å²) in [5, 5.41) is 9.20. The Kier molecular flexibility index (Phi) is 4.29. The normalized spacial score (nSPS) is 27.4. The molecule has 3 fully saturated rings. The molecule has 3 aliphatic rings. The predicted octanol–water partition coefficient (Wildman–Crippen LogP) is 3.20. The van der Waals surface area contributed by atoms with Crippen molar-refractivity contribution in [3.8, 4) is 0 Å². The average molecular weight is 351 g/mol. The fourth-order valence-electron chi connectivity index (χ4n) is 4.68. The second kappa shape index (κ2) is 6.78. The molecule has 5 nitrogen and oxygen atoms in total. The molecule has 0 unspecified atom stereocenters. The summed E-state index contributed by atoms with van der Waals surface area (Å²) in [6.07, 6.45) is 7.21. The highest BCUT2D eigenvalue weighted by Gasteiger charge is 2.37. The van der Waals surface area contributed by atoms with Gasteiger partial charge in [-0.3, -0.25) is 4.90 Å². The molecule has 0 radical (unpaired) electrons. The number of likely N-dealkylation sites (tertiary alicyclic amines) is 1. The quantitative estimate of drug-likeness (QED) is 0.899. The van der Waals surface area contributed by atoms with Crippen LogP contribution in [0.3, 0.4) is 0 Å². The molecule has 26 heavy (non-hydrogen) atoms. The Labute approximate surface area is 155 Å². The minimum atomic E-state index is 0.366. The molecule has 1 aliphatic heterocycles. The maximum Gasteiger partial charge on any atom is 0.147 e. The van der Waals surface area contributed by atoms with Crippen LogP contribution in [0.15, 0.2) is 30.3 Å². The first-order valence-corrected chi connectivity index (χ1v) is 10.2. The first-order valence-electron chi connectivity index (χ1n) is 10.2. The predicted molar refractivity (Wildman–Crippen MR) is 102 cm³/mol. The van der Waals surface area contributed by atoms with Crippen LogP contribution in [-0.4, -0.2) is 38.8 Å². The third-order valence-corrected chi connectivity index (χ3v) is 6.47. The third kappa shape index (κ3) is 3.19. The van der Waals surface area contributed by atoms with Crippen LogP contribution in [0, 0.1) is 0 Å². The molecule has 2 aliphatic carbocycles. The summed E-state index contributed by atoms with van der Waals surface area (Å²) >= 11 is 0. The van der Waals surface area contributed by atoms with E-state index in [4.69, 9.17) is 5.73 Å². The van der Waals surface area contributed by atoms with E-state index < -0.39 is 0 Å². The number of rotatable bonds is 5. The molecule has 2 N–H and O–H groups in total. The van der Waals surface area contributed by atoms with E-state index in [-0.39, 0.29) is 0 Å². The highest BCUT2D eigenvalue weighted by Crippen LogP contribution is 2.42. The van der Waals surface area contributed by atoms with Gasteiger partial charge in [0, 0.05) is 18.0 Å². The van der Waals surface area contributed by atoms with Gasteiger partial charge in [0.15, 0.2) is 0 Å². The fraction of sp³-hybridized carbons (Fsp3) is 0.619. The first kappa shape index (κ1) is 16.5. The van der Waals surface area contributed by atoms with Gasteiger partial charge in [-0.05, 0) is 63.1 Å². The molecule has 5 rings (SSSR count). The number of nitrogens with zero attached hydrogens (tertiary/aromatic N) is 4. The number of hydrogen-bond donors (Lipinski definition) is 1. The zero-order valence-electron chi connectivity index (χ0n) is 15.4. The molecule has 5 heteroatoms. The van der Waals surface area contributed by atoms with E-state index >= 15 is 0 Å². The summed E-state index contributed by atoms with van der Waals surface area (Å²) < 4.78 is 2.47. The van der Waals surface area contributed by atoms with Gasteiger partial charge in [-0.15, -0.1) is 10.2 Å². The number of benzene rings is 1. The largest absolute Gasteiger partial charge is 0.328 e. The molecule has 2 saturated carbocycles. The Morgan fingerprint density at radius 1 is 0.923 bits per heavy atom. The molecule has 0 atom stereocenters. The number of aromatic nitrogens is 3. The van der Waals surface area contributed by atoms with E-state index in [0.29, 0.717) is 23.9 Å². The van der Waals surface area contributed by atoms with Gasteiger partial charge < -0.3 is 10.3 Å². The molecular formula is C21H29N5. The SMILES string of the molecule is NC1CC(c2nnc(CN3CCC(c4ccccc4)CC3)n2C2CC2)C1. The van der Waals surface area contributed by atoms with Crippen LogP contribution in [0.1, 0.15) is 73.6 Å². The van der Waals surface area contributed by atoms with Crippen molar-refractivity contribution < 1.29 is 0 Å². The topological polar surface area (TPSA) is 60.0 Å². The van der Waals surface area contributed by atoms with Crippen molar-refractivity contribution in [2.75, 3.05) is 13.1 Å². The second-order valence-electron chi connectivity index (χ2n) is 8.47. The van der Waals surface area contributed by atoms with E-state index in [1.807, 2.05) is 0 Å². The fourth-order valence-corrected chi connectivity index (χ4v) is 4.68. The molecule has 2 heterocycles. The Morgan fingerprint density at radius 2 is 1.65 bits per heavy atom. The zero-order chi connectivity index (χ0) is 17.5. The maximum atomic E-state index is 6.00. The Morgan fingerprint density at radius 3 is 2.31 bits per heavy atom. The van der Waals surface area contributed by atoms with E-state index in [0.717, 1.165) is 32.5 Å². The second-order valence-corrected chi connectivity index (χ2v) is 8.47. The van der Waals surface area contributed by atoms with Crippen LogP contribution >= 0.6 is 0 Å². The summed E-state index contributed by atoms with van der Waals surface area (Å²) in [5.74, 6) is 3.64. The van der Waals surface area contributed by atoms with Crippen LogP contribution < -0.4 is 5.73 Å². The van der Waals surface area contributed by atoms with Gasteiger partial charge in [-0.2, -0.15) is 0 Å². The summed E-state index contributed by atoms with van der Waals surface area (Å²) in [6.45, 7) is 3.26. The van der Waals surface area contributed by atoms with Crippen LogP contribution in [-0.2, 0) is 6.54 Å². The Hall–Kier alpha value is -1.72. The lowest BCUT2D eigenvalue weighted by Crippen LogP contribution is -2.36. The van der Waals surface area contributed by atoms with Gasteiger partial charge in [-0.25, -0.2) is 0 Å². The lowest BCUT2D eigenvalue weighted by Gasteiger charge is -2.33. The summed E-state index contributed by atoms with van der Waals surface area (Å²) in [7, 11) is 0. The van der Waals surface area contributed by atoms with Crippen molar-refractivity contribution in [3.05, 3.63) is 47.5 Å². The monoisotopic (exact) mass is 351 g/mol. The maximum absolute atomic E-state index is 6.00. The molecule has 1 saturated heterocycles. The number of piperidine rings is 1. The van der Waals surface area contributed by atoms with Crippen molar-refractivity contribution in [1.82, 2.24) is 19.7 Å². The van der Waals surface area contributed by atoms with E-state index in [9.17, 15) is 0 Å². The van der Waals surface area contributed by atoms with Gasteiger partial charge in [0.1, 0.15) is 11.6 Å². The van der Waals surface area contributed by atoms with Crippen molar-refractivity contribution >= 4 is 0 Å². The van der Waals surface area contributed by atoms with E-state index in [1.54, 1.807) is 0 Å². The lowest BCUT2D eigenvalue weighted by molar-refractivity contribution is 0.197. The minimum absolute atomic E-state index is 0.366. The summed E-state index contributed by atoms with van der Waals surface area (Å²) in [5.41, 5.74) is 7.50. The van der Waals surface area contributed by atoms with Crippen molar-refractivity contribution in [1.29, 1.82) is 0 Å². The molecule has 0 bridgehead atoms. The summed E-state index contributed by atoms with van der Waals surface area (Å²) in [4.78, 5) is 2.57. The Balaban J connectivity index is 1.25. The molecular weight excluding hydrogens is 322 g/mol. The van der Waals surface area contributed by atoms with Gasteiger partial charge in [-0.1, -0.05) is 30.3 Å². The van der Waals surface area contributed by atoms with E-state index in [2.05, 4.69) is 50.0 Å². The molecule has 0 spiro atoms. The minimum Gasteiger partial charge on any atom is -0.328 e. The van der Waals surface area contributed by atoms with Crippen LogP contribution in [0.4, 0.5) is 0 Å². The van der Waals surface area contributed by atoms with Crippen molar-refractivity contribution in [2.24, 2.45) is 5.73 Å². The van der Waals surface area contributed by atoms with E-state index in [1.165, 1.54) is 42.9 Å². The molecule has 0 amide bonds. The Bertz CT molecular complexity index is 737. The number of nitrogens with two attached hydrogens (primary N) is 1. The smallest absolute Gasteiger partial charge is 0.147 e. The molecule has 1 aromatic heterocycles. The molecule has 1 aromatic carbocycles. The first-order chi connectivity index (χ1) is 12.8. The van der Waals surface area contributed by atoms with Gasteiger partial charge in [0.25, 0.3) is 0 Å². The van der Waals surface area contributed by atoms with Crippen molar-refractivity contribution in [2.45, 2.75) is 69.0 Å². The number of hydrogen-bond acceptors (Lipinski definition) is 4. The molecule has 138 valence electrons. The highest BCUT2D eigenvalue weighted by atomic mass is 15.3. The zero-order valence-corrected chi connectivity index (χ0v) is 15.4. The summed E-state index contributed by atoms with van der Waals surface area (Å²) in [6, 6.07) is 12.0. The van der Waals surface area contributed by atoms with Gasteiger partial charge in [0.05, 0.1) is 6.54 Å². The van der Waals surface area contributed by atoms with Crippen LogP contribution in [0.2, 0.25) is 0 Å². The van der Waals surface area contributed by atoms with Crippen LogP contribution in [0.25, 0.3) is 0 Å². The highest BCUT2D eigenvalue weighted by molar-refractivity contribution is 5.20. The van der Waals surface area contributed by atoms with Gasteiger partial charge in [0.2, 0.25) is 0 Å². The lowest BCUT2D eigenvalue weighted by atomic mass is 9.80. The average Bonchev–Trinajstić information content (AvgIpc) is 3.41. The third-order valence-electron chi connectivity index (χ3n) is 6.47. The van der Waals surface area contributed by atoms with Gasteiger partial charge >= 0.3 is 0 Å².